The molecule has 1 aliphatic carbocycles. The highest BCUT2D eigenvalue weighted by Gasteiger charge is 2.51. The summed E-state index contributed by atoms with van der Waals surface area (Å²) >= 11 is 0. The molecule has 2 aromatic heterocycles. The van der Waals surface area contributed by atoms with Crippen molar-refractivity contribution in [2.45, 2.75) is 18.5 Å². The van der Waals surface area contributed by atoms with E-state index in [9.17, 15) is 0 Å². The molecule has 6 nitrogen and oxygen atoms in total. The topological polar surface area (TPSA) is 38.7 Å². The molecular formula is C25H20B2N6. The number of aromatic nitrogens is 2. The standard InChI is InChI=1S/C25H20B2N6/c1-3-11-20-18(9-1)30(26-32(20)24-13-5-7-15-28-24)22-17-23(22)31-19-10-2-4-12-21(19)33(27-31)25-14-6-8-16-29-25/h1-16,22-23H,17H2. The Hall–Kier alpha value is -3.93. The Labute approximate surface area is 194 Å². The van der Waals surface area contributed by atoms with Crippen LogP contribution in [0.2, 0.25) is 0 Å². The number of para-hydroxylation sites is 4. The summed E-state index contributed by atoms with van der Waals surface area (Å²) in [5.74, 6) is 1.87. The lowest BCUT2D eigenvalue weighted by molar-refractivity contribution is 0.943. The maximum atomic E-state index is 4.58. The Morgan fingerprint density at radius 1 is 0.545 bits per heavy atom. The van der Waals surface area contributed by atoms with Gasteiger partial charge in [-0.25, -0.2) is 9.97 Å². The predicted molar refractivity (Wildman–Crippen MR) is 134 cm³/mol. The van der Waals surface area contributed by atoms with Crippen LogP contribution >= 0.6 is 0 Å². The summed E-state index contributed by atoms with van der Waals surface area (Å²) < 4.78 is 0. The Bertz CT molecular complexity index is 1200. The summed E-state index contributed by atoms with van der Waals surface area (Å²) in [6.45, 7) is 0. The van der Waals surface area contributed by atoms with E-state index in [-0.39, 0.29) is 0 Å². The Morgan fingerprint density at radius 3 is 1.39 bits per heavy atom. The van der Waals surface area contributed by atoms with Crippen LogP contribution in [0.4, 0.5) is 34.4 Å². The normalized spacial score (nSPS) is 20.2. The van der Waals surface area contributed by atoms with Crippen molar-refractivity contribution in [1.29, 1.82) is 0 Å². The van der Waals surface area contributed by atoms with Gasteiger partial charge in [0.2, 0.25) is 0 Å². The number of rotatable bonds is 4. The van der Waals surface area contributed by atoms with E-state index in [1.54, 1.807) is 0 Å². The second kappa shape index (κ2) is 7.30. The van der Waals surface area contributed by atoms with Crippen LogP contribution < -0.4 is 19.2 Å². The average molecular weight is 426 g/mol. The van der Waals surface area contributed by atoms with E-state index in [0.717, 1.165) is 18.1 Å². The fraction of sp³-hybridized carbons (Fsp3) is 0.120. The van der Waals surface area contributed by atoms with Gasteiger partial charge in [0.15, 0.2) is 0 Å². The maximum absolute atomic E-state index is 4.58. The molecule has 156 valence electrons. The van der Waals surface area contributed by atoms with Crippen LogP contribution in [0.5, 0.6) is 0 Å². The van der Waals surface area contributed by atoms with Gasteiger partial charge in [-0.1, -0.05) is 36.4 Å². The second-order valence-corrected chi connectivity index (χ2v) is 8.51. The lowest BCUT2D eigenvalue weighted by Gasteiger charge is -2.24. The summed E-state index contributed by atoms with van der Waals surface area (Å²) in [7, 11) is 4.41. The fourth-order valence-electron chi connectivity index (χ4n) is 4.92. The van der Waals surface area contributed by atoms with Crippen molar-refractivity contribution in [1.82, 2.24) is 9.97 Å². The Morgan fingerprint density at radius 2 is 0.970 bits per heavy atom. The lowest BCUT2D eigenvalue weighted by Crippen LogP contribution is -2.41. The molecule has 2 radical (unpaired) electrons. The minimum absolute atomic E-state index is 0.382. The molecule has 8 heteroatoms. The molecular weight excluding hydrogens is 406 g/mol. The monoisotopic (exact) mass is 426 g/mol. The fourth-order valence-corrected chi connectivity index (χ4v) is 4.92. The minimum atomic E-state index is 0.382. The number of anilines is 6. The first-order valence-corrected chi connectivity index (χ1v) is 11.2. The highest BCUT2D eigenvalue weighted by Crippen LogP contribution is 2.49. The van der Waals surface area contributed by atoms with Crippen LogP contribution in [0, 0.1) is 0 Å². The third kappa shape index (κ3) is 2.98. The molecule has 0 bridgehead atoms. The average Bonchev–Trinajstić information content (AvgIpc) is 3.43. The van der Waals surface area contributed by atoms with Crippen molar-refractivity contribution in [3.63, 3.8) is 0 Å². The van der Waals surface area contributed by atoms with Crippen LogP contribution in [-0.2, 0) is 0 Å². The zero-order valence-electron chi connectivity index (χ0n) is 17.9. The summed E-state index contributed by atoms with van der Waals surface area (Å²) in [6.07, 6.45) is 4.77. The van der Waals surface area contributed by atoms with Gasteiger partial charge in [-0.3, -0.25) is 0 Å². The first-order valence-electron chi connectivity index (χ1n) is 11.2. The van der Waals surface area contributed by atoms with E-state index in [1.165, 1.54) is 22.7 Å². The molecule has 2 aromatic carbocycles. The largest absolute Gasteiger partial charge is 0.398 e. The van der Waals surface area contributed by atoms with Crippen LogP contribution in [-0.4, -0.2) is 37.2 Å². The van der Waals surface area contributed by atoms with Crippen molar-refractivity contribution in [3.8, 4) is 0 Å². The van der Waals surface area contributed by atoms with Crippen LogP contribution in [0.3, 0.4) is 0 Å². The molecule has 4 aromatic rings. The number of hydrogen-bond acceptors (Lipinski definition) is 6. The van der Waals surface area contributed by atoms with Crippen LogP contribution in [0.15, 0.2) is 97.3 Å². The summed E-state index contributed by atoms with van der Waals surface area (Å²) in [6, 6.07) is 30.0. The molecule has 7 rings (SSSR count). The first kappa shape index (κ1) is 18.6. The third-order valence-electron chi connectivity index (χ3n) is 6.55. The smallest absolute Gasteiger partial charge is 0.392 e. The van der Waals surface area contributed by atoms with Gasteiger partial charge in [-0.2, -0.15) is 0 Å². The summed E-state index contributed by atoms with van der Waals surface area (Å²) in [4.78, 5) is 18.4. The maximum Gasteiger partial charge on any atom is 0.398 e. The molecule has 2 atom stereocenters. The van der Waals surface area contributed by atoms with Crippen molar-refractivity contribution in [3.05, 3.63) is 97.3 Å². The van der Waals surface area contributed by atoms with Gasteiger partial charge in [0.25, 0.3) is 0 Å². The number of pyridine rings is 2. The van der Waals surface area contributed by atoms with Gasteiger partial charge in [0.1, 0.15) is 11.6 Å². The molecule has 1 fully saturated rings. The van der Waals surface area contributed by atoms with Gasteiger partial charge >= 0.3 is 15.1 Å². The predicted octanol–water partition coefficient (Wildman–Crippen LogP) is 4.30. The zero-order valence-corrected chi connectivity index (χ0v) is 17.9. The van der Waals surface area contributed by atoms with Gasteiger partial charge in [0, 0.05) is 35.9 Å². The van der Waals surface area contributed by atoms with Crippen molar-refractivity contribution < 1.29 is 0 Å². The van der Waals surface area contributed by atoms with E-state index in [2.05, 4.69) is 105 Å². The van der Waals surface area contributed by atoms with Crippen LogP contribution in [0.25, 0.3) is 0 Å². The molecule has 0 N–H and O–H groups in total. The molecule has 1 saturated carbocycles. The van der Waals surface area contributed by atoms with Crippen molar-refractivity contribution >= 4 is 49.5 Å². The van der Waals surface area contributed by atoms with Crippen LogP contribution in [0.1, 0.15) is 6.42 Å². The van der Waals surface area contributed by atoms with E-state index >= 15 is 0 Å². The van der Waals surface area contributed by atoms with E-state index < -0.39 is 0 Å². The summed E-state index contributed by atoms with van der Waals surface area (Å²) in [5.41, 5.74) is 4.79. The second-order valence-electron chi connectivity index (χ2n) is 8.51. The molecule has 0 saturated heterocycles. The molecule has 3 aliphatic rings. The third-order valence-corrected chi connectivity index (χ3v) is 6.55. The number of fused-ring (bicyclic) bond motifs is 2. The highest BCUT2D eigenvalue weighted by atomic mass is 15.4. The number of hydrogen-bond donors (Lipinski definition) is 0. The van der Waals surface area contributed by atoms with Crippen molar-refractivity contribution in [2.75, 3.05) is 19.2 Å². The molecule has 4 heterocycles. The molecule has 2 unspecified atom stereocenters. The van der Waals surface area contributed by atoms with Gasteiger partial charge in [-0.05, 0) is 55.0 Å². The summed E-state index contributed by atoms with van der Waals surface area (Å²) in [5, 5.41) is 0. The first-order chi connectivity index (χ1) is 16.4. The quantitative estimate of drug-likeness (QED) is 0.454. The Balaban J connectivity index is 1.19. The van der Waals surface area contributed by atoms with Gasteiger partial charge in [0.05, 0.1) is 11.4 Å². The van der Waals surface area contributed by atoms with E-state index in [0.29, 0.717) is 12.1 Å². The molecule has 33 heavy (non-hydrogen) atoms. The highest BCUT2D eigenvalue weighted by molar-refractivity contribution is 6.55. The van der Waals surface area contributed by atoms with Crippen molar-refractivity contribution in [2.24, 2.45) is 0 Å². The Kier molecular flexibility index (Phi) is 4.12. The minimum Gasteiger partial charge on any atom is -0.392 e. The van der Waals surface area contributed by atoms with Gasteiger partial charge < -0.3 is 19.2 Å². The lowest BCUT2D eigenvalue weighted by atomic mass is 10.1. The molecule has 2 aliphatic heterocycles. The zero-order chi connectivity index (χ0) is 21.8. The van der Waals surface area contributed by atoms with E-state index in [1.807, 2.05) is 36.7 Å². The molecule has 0 amide bonds. The van der Waals surface area contributed by atoms with Gasteiger partial charge in [-0.15, -0.1) is 0 Å². The van der Waals surface area contributed by atoms with E-state index in [4.69, 9.17) is 0 Å². The number of benzene rings is 2. The molecule has 0 spiro atoms. The SMILES string of the molecule is [B]1N(c2ccccn2)c2ccccc2N1C1CC1N1[B]N(c2ccccn2)c2ccccc21. The number of nitrogens with zero attached hydrogens (tertiary/aromatic N) is 6.